The summed E-state index contributed by atoms with van der Waals surface area (Å²) in [4.78, 5) is 37.2. The highest BCUT2D eigenvalue weighted by molar-refractivity contribution is 6.00. The molecule has 3 heterocycles. The molecule has 140 valence electrons. The Morgan fingerprint density at radius 2 is 2.00 bits per heavy atom. The number of fused-ring (bicyclic) bond motifs is 2. The van der Waals surface area contributed by atoms with Crippen LogP contribution in [0.15, 0.2) is 47.5 Å². The number of nitrogen functional groups attached to an aromatic ring is 1. The molecule has 1 aromatic carbocycles. The zero-order valence-electron chi connectivity index (χ0n) is 15.0. The SMILES string of the molecule is CCn1c(N)c(C(N)=O)c(=O)c2cnc(Nc3cnc4ccccc4c3)nc21. The average Bonchev–Trinajstić information content (AvgIpc) is 2.68. The zero-order chi connectivity index (χ0) is 19.8. The summed E-state index contributed by atoms with van der Waals surface area (Å²) in [5.41, 5.74) is 12.4. The third-order valence-electron chi connectivity index (χ3n) is 4.45. The number of aryl methyl sites for hydroxylation is 1. The molecule has 1 amide bonds. The molecule has 28 heavy (non-hydrogen) atoms. The summed E-state index contributed by atoms with van der Waals surface area (Å²) in [6, 6.07) is 9.65. The first-order chi connectivity index (χ1) is 13.5. The minimum atomic E-state index is -0.879. The third kappa shape index (κ3) is 2.78. The third-order valence-corrected chi connectivity index (χ3v) is 4.45. The Balaban J connectivity index is 1.83. The van der Waals surface area contributed by atoms with E-state index in [4.69, 9.17) is 11.5 Å². The van der Waals surface area contributed by atoms with Gasteiger partial charge in [0.25, 0.3) is 5.91 Å². The van der Waals surface area contributed by atoms with Crippen LogP contribution in [-0.2, 0) is 6.54 Å². The lowest BCUT2D eigenvalue weighted by Gasteiger charge is -2.14. The van der Waals surface area contributed by atoms with Gasteiger partial charge < -0.3 is 21.4 Å². The number of aromatic nitrogens is 4. The van der Waals surface area contributed by atoms with Crippen LogP contribution in [0.3, 0.4) is 0 Å². The van der Waals surface area contributed by atoms with Crippen LogP contribution >= 0.6 is 0 Å². The van der Waals surface area contributed by atoms with E-state index in [-0.39, 0.29) is 22.7 Å². The molecular weight excluding hydrogens is 358 g/mol. The van der Waals surface area contributed by atoms with Crippen LogP contribution in [0.5, 0.6) is 0 Å². The number of amides is 1. The van der Waals surface area contributed by atoms with E-state index in [1.54, 1.807) is 10.8 Å². The number of carbonyl (C=O) groups excluding carboxylic acids is 1. The number of nitrogens with one attached hydrogen (secondary N) is 1. The summed E-state index contributed by atoms with van der Waals surface area (Å²) >= 11 is 0. The molecule has 0 atom stereocenters. The van der Waals surface area contributed by atoms with Crippen molar-refractivity contribution >= 4 is 45.3 Å². The molecule has 0 aliphatic rings. The largest absolute Gasteiger partial charge is 0.384 e. The predicted molar refractivity (Wildman–Crippen MR) is 107 cm³/mol. The number of hydrogen-bond donors (Lipinski definition) is 3. The van der Waals surface area contributed by atoms with Gasteiger partial charge in [-0.15, -0.1) is 0 Å². The van der Waals surface area contributed by atoms with Crippen molar-refractivity contribution in [2.45, 2.75) is 13.5 Å². The van der Waals surface area contributed by atoms with Crippen LogP contribution in [0.2, 0.25) is 0 Å². The first kappa shape index (κ1) is 17.4. The van der Waals surface area contributed by atoms with Gasteiger partial charge in [-0.3, -0.25) is 14.6 Å². The number of primary amides is 1. The van der Waals surface area contributed by atoms with Gasteiger partial charge in [-0.25, -0.2) is 4.98 Å². The van der Waals surface area contributed by atoms with Crippen molar-refractivity contribution in [3.05, 3.63) is 58.5 Å². The fourth-order valence-electron chi connectivity index (χ4n) is 3.13. The maximum absolute atomic E-state index is 12.6. The molecule has 0 fully saturated rings. The van der Waals surface area contributed by atoms with E-state index < -0.39 is 11.3 Å². The molecule has 0 aliphatic heterocycles. The van der Waals surface area contributed by atoms with Gasteiger partial charge >= 0.3 is 0 Å². The summed E-state index contributed by atoms with van der Waals surface area (Å²) in [5.74, 6) is -0.613. The summed E-state index contributed by atoms with van der Waals surface area (Å²) in [7, 11) is 0. The first-order valence-electron chi connectivity index (χ1n) is 8.60. The molecule has 0 unspecified atom stereocenters. The van der Waals surface area contributed by atoms with E-state index in [0.29, 0.717) is 17.9 Å². The fourth-order valence-corrected chi connectivity index (χ4v) is 3.13. The maximum Gasteiger partial charge on any atom is 0.256 e. The van der Waals surface area contributed by atoms with E-state index in [0.717, 1.165) is 10.9 Å². The molecule has 4 aromatic rings. The maximum atomic E-state index is 12.6. The second kappa shape index (κ2) is 6.62. The number of nitrogens with two attached hydrogens (primary N) is 2. The van der Waals surface area contributed by atoms with Gasteiger partial charge in [-0.1, -0.05) is 18.2 Å². The number of nitrogens with zero attached hydrogens (tertiary/aromatic N) is 4. The van der Waals surface area contributed by atoms with E-state index in [2.05, 4.69) is 20.3 Å². The standard InChI is InChI=1S/C19H17N7O2/c1-2-26-16(20)14(17(21)28)15(27)12-9-23-19(25-18(12)26)24-11-7-10-5-3-4-6-13(10)22-8-11/h3-9H,2,20H2,1H3,(H2,21,28)(H,23,24,25). The Bertz CT molecular complexity index is 1300. The van der Waals surface area contributed by atoms with Gasteiger partial charge in [0.2, 0.25) is 11.4 Å². The second-order valence-electron chi connectivity index (χ2n) is 6.17. The molecule has 0 radical (unpaired) electrons. The van der Waals surface area contributed by atoms with Crippen LogP contribution in [0.4, 0.5) is 17.5 Å². The highest BCUT2D eigenvalue weighted by Crippen LogP contribution is 2.21. The Labute approximate surface area is 159 Å². The minimum Gasteiger partial charge on any atom is -0.384 e. The highest BCUT2D eigenvalue weighted by atomic mass is 16.2. The molecule has 4 rings (SSSR count). The number of para-hydroxylation sites is 1. The van der Waals surface area contributed by atoms with Gasteiger partial charge in [-0.05, 0) is 19.1 Å². The first-order valence-corrected chi connectivity index (χ1v) is 8.60. The zero-order valence-corrected chi connectivity index (χ0v) is 15.0. The lowest BCUT2D eigenvalue weighted by molar-refractivity contribution is 0.1000. The average molecular weight is 375 g/mol. The molecule has 0 bridgehead atoms. The van der Waals surface area contributed by atoms with Crippen LogP contribution < -0.4 is 22.2 Å². The van der Waals surface area contributed by atoms with Gasteiger partial charge in [-0.2, -0.15) is 4.98 Å². The van der Waals surface area contributed by atoms with Gasteiger partial charge in [0.05, 0.1) is 22.8 Å². The molecule has 0 aliphatic carbocycles. The Kier molecular flexibility index (Phi) is 4.11. The fraction of sp³-hybridized carbons (Fsp3) is 0.105. The van der Waals surface area contributed by atoms with Crippen LogP contribution in [0.1, 0.15) is 17.3 Å². The number of anilines is 3. The lowest BCUT2D eigenvalue weighted by atomic mass is 10.1. The van der Waals surface area contributed by atoms with Crippen molar-refractivity contribution in [3.63, 3.8) is 0 Å². The number of rotatable bonds is 4. The van der Waals surface area contributed by atoms with E-state index in [9.17, 15) is 9.59 Å². The summed E-state index contributed by atoms with van der Waals surface area (Å²) < 4.78 is 1.56. The van der Waals surface area contributed by atoms with E-state index in [1.807, 2.05) is 37.3 Å². The van der Waals surface area contributed by atoms with Crippen molar-refractivity contribution < 1.29 is 4.79 Å². The normalized spacial score (nSPS) is 11.0. The van der Waals surface area contributed by atoms with Crippen molar-refractivity contribution in [3.8, 4) is 0 Å². The number of pyridine rings is 2. The molecule has 0 saturated carbocycles. The van der Waals surface area contributed by atoms with Gasteiger partial charge in [0, 0.05) is 18.1 Å². The topological polar surface area (TPSA) is 142 Å². The molecule has 0 saturated heterocycles. The molecule has 9 nitrogen and oxygen atoms in total. The highest BCUT2D eigenvalue weighted by Gasteiger charge is 2.19. The van der Waals surface area contributed by atoms with Crippen molar-refractivity contribution in [2.75, 3.05) is 11.1 Å². The summed E-state index contributed by atoms with van der Waals surface area (Å²) in [6.07, 6.45) is 3.03. The Hall–Kier alpha value is -4.01. The molecule has 3 aromatic heterocycles. The Morgan fingerprint density at radius 1 is 1.21 bits per heavy atom. The van der Waals surface area contributed by atoms with Crippen LogP contribution in [-0.4, -0.2) is 25.4 Å². The van der Waals surface area contributed by atoms with Gasteiger partial charge in [0.15, 0.2) is 5.65 Å². The van der Waals surface area contributed by atoms with Crippen molar-refractivity contribution in [1.29, 1.82) is 0 Å². The van der Waals surface area contributed by atoms with Gasteiger partial charge in [0.1, 0.15) is 11.4 Å². The van der Waals surface area contributed by atoms with Crippen molar-refractivity contribution in [2.24, 2.45) is 5.73 Å². The quantitative estimate of drug-likeness (QED) is 0.493. The van der Waals surface area contributed by atoms with E-state index >= 15 is 0 Å². The molecule has 9 heteroatoms. The molecule has 5 N–H and O–H groups in total. The van der Waals surface area contributed by atoms with Crippen LogP contribution in [0, 0.1) is 0 Å². The predicted octanol–water partition coefficient (Wildman–Crippen LogP) is 1.78. The second-order valence-corrected chi connectivity index (χ2v) is 6.17. The monoisotopic (exact) mass is 375 g/mol. The lowest BCUT2D eigenvalue weighted by Crippen LogP contribution is -2.28. The van der Waals surface area contributed by atoms with E-state index in [1.165, 1.54) is 6.20 Å². The molecule has 0 spiro atoms. The molecular formula is C19H17N7O2. The minimum absolute atomic E-state index is 0.00970. The summed E-state index contributed by atoms with van der Waals surface area (Å²) in [5, 5.41) is 4.22. The number of carbonyl (C=O) groups is 1. The Morgan fingerprint density at radius 3 is 2.75 bits per heavy atom. The smallest absolute Gasteiger partial charge is 0.256 e. The number of hydrogen-bond acceptors (Lipinski definition) is 7. The summed E-state index contributed by atoms with van der Waals surface area (Å²) in [6.45, 7) is 2.23. The number of benzene rings is 1. The van der Waals surface area contributed by atoms with Crippen LogP contribution in [0.25, 0.3) is 21.9 Å². The van der Waals surface area contributed by atoms with Crippen molar-refractivity contribution in [1.82, 2.24) is 19.5 Å².